The first kappa shape index (κ1) is 17.5. The first-order chi connectivity index (χ1) is 11.4. The van der Waals surface area contributed by atoms with Crippen LogP contribution < -0.4 is 16.0 Å². The summed E-state index contributed by atoms with van der Waals surface area (Å²) in [5, 5.41) is 7.82. The van der Waals surface area contributed by atoms with Crippen LogP contribution in [0.25, 0.3) is 0 Å². The number of aryl methyl sites for hydroxylation is 1. The van der Waals surface area contributed by atoms with Gasteiger partial charge in [-0.05, 0) is 48.9 Å². The van der Waals surface area contributed by atoms with Gasteiger partial charge < -0.3 is 16.0 Å². The van der Waals surface area contributed by atoms with Gasteiger partial charge in [-0.1, -0.05) is 23.7 Å². The SMILES string of the molecule is Cc1cccc(NC(=O)CNC(=O)C(=O)Nc2ccc(Cl)cc2)c1. The van der Waals surface area contributed by atoms with E-state index in [0.717, 1.165) is 5.56 Å². The molecule has 3 amide bonds. The summed E-state index contributed by atoms with van der Waals surface area (Å²) in [6.07, 6.45) is 0. The highest BCUT2D eigenvalue weighted by Crippen LogP contribution is 2.13. The van der Waals surface area contributed by atoms with Gasteiger partial charge in [-0.3, -0.25) is 14.4 Å². The molecule has 0 aliphatic rings. The van der Waals surface area contributed by atoms with Gasteiger partial charge in [0.1, 0.15) is 0 Å². The van der Waals surface area contributed by atoms with E-state index in [2.05, 4.69) is 16.0 Å². The Hall–Kier alpha value is -2.86. The van der Waals surface area contributed by atoms with E-state index in [9.17, 15) is 14.4 Å². The summed E-state index contributed by atoms with van der Waals surface area (Å²) >= 11 is 5.74. The molecule has 2 aromatic rings. The van der Waals surface area contributed by atoms with Gasteiger partial charge in [0.15, 0.2) is 0 Å². The molecule has 2 aromatic carbocycles. The van der Waals surface area contributed by atoms with Crippen LogP contribution in [0.1, 0.15) is 5.56 Å². The molecule has 7 heteroatoms. The van der Waals surface area contributed by atoms with Gasteiger partial charge >= 0.3 is 11.8 Å². The van der Waals surface area contributed by atoms with Gasteiger partial charge in [-0.25, -0.2) is 0 Å². The van der Waals surface area contributed by atoms with Crippen LogP contribution in [-0.2, 0) is 14.4 Å². The molecule has 124 valence electrons. The largest absolute Gasteiger partial charge is 0.339 e. The number of hydrogen-bond acceptors (Lipinski definition) is 3. The quantitative estimate of drug-likeness (QED) is 0.743. The molecule has 0 heterocycles. The summed E-state index contributed by atoms with van der Waals surface area (Å²) in [4.78, 5) is 35.2. The highest BCUT2D eigenvalue weighted by molar-refractivity contribution is 6.40. The number of carbonyl (C=O) groups excluding carboxylic acids is 3. The van der Waals surface area contributed by atoms with Crippen LogP contribution in [0.3, 0.4) is 0 Å². The van der Waals surface area contributed by atoms with Crippen molar-refractivity contribution >= 4 is 40.7 Å². The molecule has 0 unspecified atom stereocenters. The number of anilines is 2. The van der Waals surface area contributed by atoms with Crippen LogP contribution in [-0.4, -0.2) is 24.3 Å². The van der Waals surface area contributed by atoms with Crippen LogP contribution in [0, 0.1) is 6.92 Å². The Balaban J connectivity index is 1.80. The predicted molar refractivity (Wildman–Crippen MR) is 92.9 cm³/mol. The van der Waals surface area contributed by atoms with E-state index in [1.165, 1.54) is 0 Å². The van der Waals surface area contributed by atoms with Gasteiger partial charge in [-0.2, -0.15) is 0 Å². The van der Waals surface area contributed by atoms with Gasteiger partial charge in [0, 0.05) is 16.4 Å². The van der Waals surface area contributed by atoms with Crippen LogP contribution in [0.4, 0.5) is 11.4 Å². The van der Waals surface area contributed by atoms with Crippen molar-refractivity contribution in [2.45, 2.75) is 6.92 Å². The molecule has 0 saturated heterocycles. The normalized spacial score (nSPS) is 9.92. The van der Waals surface area contributed by atoms with Crippen molar-refractivity contribution in [3.05, 3.63) is 59.1 Å². The monoisotopic (exact) mass is 345 g/mol. The molecule has 0 bridgehead atoms. The van der Waals surface area contributed by atoms with Crippen LogP contribution in [0.2, 0.25) is 5.02 Å². The maximum atomic E-state index is 11.8. The fraction of sp³-hybridized carbons (Fsp3) is 0.118. The third-order valence-corrected chi connectivity index (χ3v) is 3.27. The molecular weight excluding hydrogens is 330 g/mol. The van der Waals surface area contributed by atoms with Gasteiger partial charge in [-0.15, -0.1) is 0 Å². The van der Waals surface area contributed by atoms with Crippen LogP contribution in [0.15, 0.2) is 48.5 Å². The molecule has 0 atom stereocenters. The van der Waals surface area contributed by atoms with Crippen molar-refractivity contribution in [1.29, 1.82) is 0 Å². The number of halogens is 1. The average Bonchev–Trinajstić information content (AvgIpc) is 2.54. The highest BCUT2D eigenvalue weighted by Gasteiger charge is 2.14. The zero-order valence-corrected chi connectivity index (χ0v) is 13.7. The Morgan fingerprint density at radius 1 is 0.917 bits per heavy atom. The van der Waals surface area contributed by atoms with Crippen molar-refractivity contribution in [3.8, 4) is 0 Å². The van der Waals surface area contributed by atoms with Crippen molar-refractivity contribution in [2.75, 3.05) is 17.2 Å². The molecule has 3 N–H and O–H groups in total. The molecule has 6 nitrogen and oxygen atoms in total. The average molecular weight is 346 g/mol. The van der Waals surface area contributed by atoms with Gasteiger partial charge in [0.05, 0.1) is 6.54 Å². The zero-order chi connectivity index (χ0) is 17.5. The van der Waals surface area contributed by atoms with Crippen LogP contribution in [0.5, 0.6) is 0 Å². The summed E-state index contributed by atoms with van der Waals surface area (Å²) < 4.78 is 0. The van der Waals surface area contributed by atoms with Crippen molar-refractivity contribution in [3.63, 3.8) is 0 Å². The smallest absolute Gasteiger partial charge is 0.313 e. The Labute approximate surface area is 144 Å². The molecule has 0 saturated carbocycles. The van der Waals surface area contributed by atoms with E-state index in [-0.39, 0.29) is 6.54 Å². The van der Waals surface area contributed by atoms with Crippen molar-refractivity contribution in [1.82, 2.24) is 5.32 Å². The second-order valence-corrected chi connectivity index (χ2v) is 5.50. The second-order valence-electron chi connectivity index (χ2n) is 5.06. The standard InChI is InChI=1S/C17H16ClN3O3/c1-11-3-2-4-14(9-11)20-15(22)10-19-16(23)17(24)21-13-7-5-12(18)6-8-13/h2-9H,10H2,1H3,(H,19,23)(H,20,22)(H,21,24). The second kappa shape index (κ2) is 8.12. The van der Waals surface area contributed by atoms with E-state index in [4.69, 9.17) is 11.6 Å². The fourth-order valence-corrected chi connectivity index (χ4v) is 2.02. The summed E-state index contributed by atoms with van der Waals surface area (Å²) in [6, 6.07) is 13.6. The first-order valence-electron chi connectivity index (χ1n) is 7.15. The summed E-state index contributed by atoms with van der Waals surface area (Å²) in [6.45, 7) is 1.60. The van der Waals surface area contributed by atoms with E-state index in [0.29, 0.717) is 16.4 Å². The number of benzene rings is 2. The highest BCUT2D eigenvalue weighted by atomic mass is 35.5. The van der Waals surface area contributed by atoms with Crippen molar-refractivity contribution in [2.24, 2.45) is 0 Å². The topological polar surface area (TPSA) is 87.3 Å². The molecule has 24 heavy (non-hydrogen) atoms. The van der Waals surface area contributed by atoms with E-state index >= 15 is 0 Å². The van der Waals surface area contributed by atoms with E-state index in [1.54, 1.807) is 36.4 Å². The summed E-state index contributed by atoms with van der Waals surface area (Å²) in [5.74, 6) is -2.18. The molecule has 0 spiro atoms. The molecular formula is C17H16ClN3O3. The summed E-state index contributed by atoms with van der Waals surface area (Å²) in [7, 11) is 0. The van der Waals surface area contributed by atoms with Gasteiger partial charge in [0.2, 0.25) is 5.91 Å². The molecule has 0 aromatic heterocycles. The van der Waals surface area contributed by atoms with Crippen LogP contribution >= 0.6 is 11.6 Å². The van der Waals surface area contributed by atoms with E-state index < -0.39 is 17.7 Å². The lowest BCUT2D eigenvalue weighted by Gasteiger charge is -2.08. The fourth-order valence-electron chi connectivity index (χ4n) is 1.89. The van der Waals surface area contributed by atoms with Gasteiger partial charge in [0.25, 0.3) is 0 Å². The lowest BCUT2D eigenvalue weighted by molar-refractivity contribution is -0.136. The molecule has 0 aliphatic heterocycles. The molecule has 0 fully saturated rings. The number of rotatable bonds is 4. The number of amides is 3. The number of hydrogen-bond donors (Lipinski definition) is 3. The lowest BCUT2D eigenvalue weighted by Crippen LogP contribution is -2.39. The third kappa shape index (κ3) is 5.40. The Morgan fingerprint density at radius 3 is 2.29 bits per heavy atom. The summed E-state index contributed by atoms with van der Waals surface area (Å²) in [5.41, 5.74) is 2.06. The number of nitrogens with one attached hydrogen (secondary N) is 3. The molecule has 0 aliphatic carbocycles. The Kier molecular flexibility index (Phi) is 5.92. The minimum atomic E-state index is -0.899. The van der Waals surface area contributed by atoms with E-state index in [1.807, 2.05) is 19.1 Å². The zero-order valence-electron chi connectivity index (χ0n) is 12.9. The maximum absolute atomic E-state index is 11.8. The first-order valence-corrected chi connectivity index (χ1v) is 7.53. The third-order valence-electron chi connectivity index (χ3n) is 3.02. The van der Waals surface area contributed by atoms with Crippen molar-refractivity contribution < 1.29 is 14.4 Å². The Bertz CT molecular complexity index is 760. The minimum Gasteiger partial charge on any atom is -0.339 e. The number of carbonyl (C=O) groups is 3. The minimum absolute atomic E-state index is 0.305. The lowest BCUT2D eigenvalue weighted by atomic mass is 10.2. The Morgan fingerprint density at radius 2 is 1.62 bits per heavy atom. The maximum Gasteiger partial charge on any atom is 0.313 e. The predicted octanol–water partition coefficient (Wildman–Crippen LogP) is 2.34. The molecule has 2 rings (SSSR count). The molecule has 0 radical (unpaired) electrons.